The van der Waals surface area contributed by atoms with Gasteiger partial charge in [0.25, 0.3) is 5.91 Å². The van der Waals surface area contributed by atoms with Crippen LogP contribution in [0.3, 0.4) is 0 Å². The van der Waals surface area contributed by atoms with Crippen molar-refractivity contribution in [3.8, 4) is 11.3 Å². The maximum absolute atomic E-state index is 12.5. The van der Waals surface area contributed by atoms with Crippen LogP contribution in [0.15, 0.2) is 52.4 Å². The molecule has 0 atom stereocenters. The van der Waals surface area contributed by atoms with Crippen molar-refractivity contribution in [2.45, 2.75) is 0 Å². The van der Waals surface area contributed by atoms with Crippen molar-refractivity contribution >= 4 is 44.1 Å². The fourth-order valence-corrected chi connectivity index (χ4v) is 3.32. The number of thiazole rings is 1. The third kappa shape index (κ3) is 3.63. The van der Waals surface area contributed by atoms with E-state index in [1.54, 1.807) is 18.3 Å². The topological polar surface area (TPSA) is 58.1 Å². The van der Waals surface area contributed by atoms with Crippen LogP contribution in [-0.4, -0.2) is 30.0 Å². The van der Waals surface area contributed by atoms with Crippen LogP contribution in [0.1, 0.15) is 10.4 Å². The zero-order valence-corrected chi connectivity index (χ0v) is 15.6. The predicted octanol–water partition coefficient (Wildman–Crippen LogP) is 4.29. The van der Waals surface area contributed by atoms with E-state index in [1.165, 1.54) is 11.3 Å². The predicted molar refractivity (Wildman–Crippen MR) is 102 cm³/mol. The molecule has 0 aliphatic heterocycles. The van der Waals surface area contributed by atoms with Crippen LogP contribution < -0.4 is 10.2 Å². The molecule has 7 heteroatoms. The average molecular weight is 403 g/mol. The molecule has 24 heavy (non-hydrogen) atoms. The van der Waals surface area contributed by atoms with Gasteiger partial charge in [-0.2, -0.15) is 0 Å². The van der Waals surface area contributed by atoms with Crippen LogP contribution in [0.25, 0.3) is 11.3 Å². The van der Waals surface area contributed by atoms with E-state index in [1.807, 2.05) is 48.6 Å². The van der Waals surface area contributed by atoms with Gasteiger partial charge in [0, 0.05) is 35.7 Å². The number of halogens is 1. The molecule has 0 aliphatic carbocycles. The minimum absolute atomic E-state index is 0.220. The Morgan fingerprint density at radius 1 is 1.25 bits per heavy atom. The number of pyridine rings is 1. The molecule has 0 spiro atoms. The lowest BCUT2D eigenvalue weighted by atomic mass is 10.2. The van der Waals surface area contributed by atoms with Crippen molar-refractivity contribution in [2.75, 3.05) is 24.3 Å². The molecule has 0 radical (unpaired) electrons. The van der Waals surface area contributed by atoms with Crippen molar-refractivity contribution in [1.82, 2.24) is 9.97 Å². The molecule has 1 N–H and O–H groups in total. The van der Waals surface area contributed by atoms with Gasteiger partial charge in [-0.3, -0.25) is 10.1 Å². The number of benzene rings is 1. The van der Waals surface area contributed by atoms with Crippen molar-refractivity contribution in [3.63, 3.8) is 0 Å². The van der Waals surface area contributed by atoms with Crippen LogP contribution in [0, 0.1) is 0 Å². The van der Waals surface area contributed by atoms with Crippen LogP contribution in [-0.2, 0) is 0 Å². The van der Waals surface area contributed by atoms with Gasteiger partial charge < -0.3 is 4.90 Å². The first-order valence-corrected chi connectivity index (χ1v) is 8.87. The lowest BCUT2D eigenvalue weighted by molar-refractivity contribution is 0.102. The molecule has 0 bridgehead atoms. The third-order valence-corrected chi connectivity index (χ3v) is 4.55. The zero-order chi connectivity index (χ0) is 17.1. The molecule has 0 aliphatic rings. The summed E-state index contributed by atoms with van der Waals surface area (Å²) in [6.45, 7) is 0. The second-order valence-electron chi connectivity index (χ2n) is 5.27. The van der Waals surface area contributed by atoms with Gasteiger partial charge in [0.15, 0.2) is 5.13 Å². The quantitative estimate of drug-likeness (QED) is 0.706. The van der Waals surface area contributed by atoms with Crippen molar-refractivity contribution in [1.29, 1.82) is 0 Å². The van der Waals surface area contributed by atoms with E-state index in [9.17, 15) is 4.79 Å². The molecule has 1 aromatic carbocycles. The van der Waals surface area contributed by atoms with E-state index < -0.39 is 0 Å². The summed E-state index contributed by atoms with van der Waals surface area (Å²) >= 11 is 4.85. The standard InChI is InChI=1S/C17H15BrN4OS/c1-22(2)15-13(7-4-8-19-15)16(23)21-17-20-14(10-24-17)11-5-3-6-12(18)9-11/h3-10H,1-2H3,(H,20,21,23). The minimum Gasteiger partial charge on any atom is -0.362 e. The molecular weight excluding hydrogens is 388 g/mol. The summed E-state index contributed by atoms with van der Waals surface area (Å²) in [5.41, 5.74) is 2.34. The molecule has 0 fully saturated rings. The number of anilines is 2. The van der Waals surface area contributed by atoms with E-state index in [-0.39, 0.29) is 5.91 Å². The summed E-state index contributed by atoms with van der Waals surface area (Å²) in [5, 5.41) is 5.33. The van der Waals surface area contributed by atoms with Gasteiger partial charge in [0.1, 0.15) is 5.82 Å². The number of carbonyl (C=O) groups excluding carboxylic acids is 1. The first-order valence-electron chi connectivity index (χ1n) is 7.20. The fourth-order valence-electron chi connectivity index (χ4n) is 2.21. The van der Waals surface area contributed by atoms with Crippen molar-refractivity contribution in [3.05, 3.63) is 58.0 Å². The number of nitrogens with one attached hydrogen (secondary N) is 1. The average Bonchev–Trinajstić information content (AvgIpc) is 3.03. The Morgan fingerprint density at radius 3 is 2.83 bits per heavy atom. The number of hydrogen-bond acceptors (Lipinski definition) is 5. The Kier molecular flexibility index (Phi) is 4.92. The molecule has 122 valence electrons. The Bertz CT molecular complexity index is 878. The number of amides is 1. The van der Waals surface area contributed by atoms with Crippen LogP contribution in [0.4, 0.5) is 10.9 Å². The fraction of sp³-hybridized carbons (Fsp3) is 0.118. The second-order valence-corrected chi connectivity index (χ2v) is 7.05. The zero-order valence-electron chi connectivity index (χ0n) is 13.2. The highest BCUT2D eigenvalue weighted by Crippen LogP contribution is 2.27. The number of carbonyl (C=O) groups is 1. The molecule has 5 nitrogen and oxygen atoms in total. The Labute approximate surface area is 152 Å². The van der Waals surface area contributed by atoms with Gasteiger partial charge in [-0.25, -0.2) is 9.97 Å². The summed E-state index contributed by atoms with van der Waals surface area (Å²) < 4.78 is 0.990. The first-order chi connectivity index (χ1) is 11.5. The SMILES string of the molecule is CN(C)c1ncccc1C(=O)Nc1nc(-c2cccc(Br)c2)cs1. The van der Waals surface area contributed by atoms with E-state index >= 15 is 0 Å². The number of hydrogen-bond donors (Lipinski definition) is 1. The molecule has 1 amide bonds. The van der Waals surface area contributed by atoms with Crippen LogP contribution in [0.5, 0.6) is 0 Å². The van der Waals surface area contributed by atoms with Gasteiger partial charge in [-0.15, -0.1) is 11.3 Å². The molecule has 2 aromatic heterocycles. The lowest BCUT2D eigenvalue weighted by Gasteiger charge is -2.14. The second kappa shape index (κ2) is 7.11. The van der Waals surface area contributed by atoms with Gasteiger partial charge in [-0.1, -0.05) is 28.1 Å². The molecule has 0 unspecified atom stereocenters. The summed E-state index contributed by atoms with van der Waals surface area (Å²) in [6.07, 6.45) is 1.67. The molecule has 0 saturated carbocycles. The van der Waals surface area contributed by atoms with E-state index in [4.69, 9.17) is 0 Å². The van der Waals surface area contributed by atoms with E-state index in [0.29, 0.717) is 16.5 Å². The lowest BCUT2D eigenvalue weighted by Crippen LogP contribution is -2.19. The largest absolute Gasteiger partial charge is 0.362 e. The monoisotopic (exact) mass is 402 g/mol. The number of aromatic nitrogens is 2. The van der Waals surface area contributed by atoms with Gasteiger partial charge >= 0.3 is 0 Å². The van der Waals surface area contributed by atoms with Crippen LogP contribution >= 0.6 is 27.3 Å². The van der Waals surface area contributed by atoms with Gasteiger partial charge in [0.2, 0.25) is 0 Å². The number of rotatable bonds is 4. The molecular formula is C17H15BrN4OS. The summed E-state index contributed by atoms with van der Waals surface area (Å²) in [6, 6.07) is 11.4. The summed E-state index contributed by atoms with van der Waals surface area (Å²) in [4.78, 5) is 23.1. The van der Waals surface area contributed by atoms with Gasteiger partial charge in [0.05, 0.1) is 11.3 Å². The smallest absolute Gasteiger partial charge is 0.261 e. The third-order valence-electron chi connectivity index (χ3n) is 3.30. The Morgan fingerprint density at radius 2 is 2.08 bits per heavy atom. The number of nitrogens with zero attached hydrogens (tertiary/aromatic N) is 3. The Hall–Kier alpha value is -2.25. The van der Waals surface area contributed by atoms with Crippen LogP contribution in [0.2, 0.25) is 0 Å². The molecule has 3 aromatic rings. The minimum atomic E-state index is -0.220. The van der Waals surface area contributed by atoms with Crippen molar-refractivity contribution < 1.29 is 4.79 Å². The molecule has 3 rings (SSSR count). The highest BCUT2D eigenvalue weighted by atomic mass is 79.9. The maximum Gasteiger partial charge on any atom is 0.261 e. The van der Waals surface area contributed by atoms with E-state index in [2.05, 4.69) is 31.2 Å². The van der Waals surface area contributed by atoms with Crippen molar-refractivity contribution in [2.24, 2.45) is 0 Å². The normalized spacial score (nSPS) is 10.5. The first kappa shape index (κ1) is 16.6. The van der Waals surface area contributed by atoms with Gasteiger partial charge in [-0.05, 0) is 24.3 Å². The highest BCUT2D eigenvalue weighted by molar-refractivity contribution is 9.10. The summed E-state index contributed by atoms with van der Waals surface area (Å²) in [5.74, 6) is 0.403. The highest BCUT2D eigenvalue weighted by Gasteiger charge is 2.15. The molecule has 0 saturated heterocycles. The molecule has 2 heterocycles. The summed E-state index contributed by atoms with van der Waals surface area (Å²) in [7, 11) is 3.71. The maximum atomic E-state index is 12.5. The van der Waals surface area contributed by atoms with E-state index in [0.717, 1.165) is 15.7 Å². The Balaban J connectivity index is 1.81.